The number of aromatic nitrogens is 2. The van der Waals surface area contributed by atoms with Gasteiger partial charge in [-0.05, 0) is 30.2 Å². The van der Waals surface area contributed by atoms with Gasteiger partial charge in [-0.25, -0.2) is 5.01 Å². The molecule has 0 aliphatic carbocycles. The molecule has 2 heterocycles. The molecule has 1 aromatic heterocycles. The molecule has 4 rings (SSSR count). The Morgan fingerprint density at radius 3 is 2.86 bits per heavy atom. The second kappa shape index (κ2) is 8.53. The maximum Gasteiger partial charge on any atom is 0.253 e. The highest BCUT2D eigenvalue weighted by Gasteiger charge is 2.22. The molecule has 0 saturated heterocycles. The van der Waals surface area contributed by atoms with Crippen LogP contribution >= 0.6 is 23.1 Å². The predicted molar refractivity (Wildman–Crippen MR) is 114 cm³/mol. The molecule has 2 aromatic carbocycles. The van der Waals surface area contributed by atoms with Crippen molar-refractivity contribution in [2.75, 3.05) is 17.6 Å². The molecule has 28 heavy (non-hydrogen) atoms. The first kappa shape index (κ1) is 18.6. The first-order valence-electron chi connectivity index (χ1n) is 8.90. The molecule has 6 nitrogen and oxygen atoms in total. The van der Waals surface area contributed by atoms with E-state index in [0.29, 0.717) is 17.4 Å². The number of hydrazone groups is 1. The maximum absolute atomic E-state index is 12.5. The molecule has 142 valence electrons. The average Bonchev–Trinajstić information content (AvgIpc) is 3.37. The molecular formula is C20H19N5OS2. The Kier molecular flexibility index (Phi) is 5.68. The molecular weight excluding hydrogens is 390 g/mol. The SMILES string of the molecule is Cc1cccc(Nc2nnc(SCC(=O)N3CCC(c4ccccc4)=N3)s2)c1. The molecule has 0 bridgehead atoms. The standard InChI is InChI=1S/C20H19N5OS2/c1-14-6-5-9-16(12-14)21-19-22-23-20(28-19)27-13-18(26)25-11-10-17(24-25)15-7-3-2-4-8-15/h2-9,12H,10-11,13H2,1H3,(H,21,22). The zero-order chi connectivity index (χ0) is 19.3. The highest BCUT2D eigenvalue weighted by atomic mass is 32.2. The van der Waals surface area contributed by atoms with Gasteiger partial charge in [0, 0.05) is 12.1 Å². The van der Waals surface area contributed by atoms with Crippen molar-refractivity contribution in [3.63, 3.8) is 0 Å². The summed E-state index contributed by atoms with van der Waals surface area (Å²) in [6.45, 7) is 2.67. The topological polar surface area (TPSA) is 70.5 Å². The van der Waals surface area contributed by atoms with E-state index >= 15 is 0 Å². The summed E-state index contributed by atoms with van der Waals surface area (Å²) in [6.07, 6.45) is 0.782. The van der Waals surface area contributed by atoms with Gasteiger partial charge in [0.25, 0.3) is 5.91 Å². The second-order valence-electron chi connectivity index (χ2n) is 6.34. The number of rotatable bonds is 6. The van der Waals surface area contributed by atoms with Gasteiger partial charge in [0.1, 0.15) is 0 Å². The third-order valence-corrected chi connectivity index (χ3v) is 6.15. The lowest BCUT2D eigenvalue weighted by Gasteiger charge is -2.09. The molecule has 1 aliphatic heterocycles. The summed E-state index contributed by atoms with van der Waals surface area (Å²) in [7, 11) is 0. The van der Waals surface area contributed by atoms with Crippen LogP contribution in [0.15, 0.2) is 64.0 Å². The van der Waals surface area contributed by atoms with E-state index < -0.39 is 0 Å². The van der Waals surface area contributed by atoms with Crippen LogP contribution in [0, 0.1) is 6.92 Å². The Bertz CT molecular complexity index is 1000. The molecule has 8 heteroatoms. The molecule has 1 aliphatic rings. The summed E-state index contributed by atoms with van der Waals surface area (Å²) in [5, 5.41) is 18.3. The van der Waals surface area contributed by atoms with Crippen LogP contribution in [0.5, 0.6) is 0 Å². The third kappa shape index (κ3) is 4.58. The monoisotopic (exact) mass is 409 g/mol. The Balaban J connectivity index is 1.32. The van der Waals surface area contributed by atoms with Gasteiger partial charge in [0.05, 0.1) is 18.0 Å². The van der Waals surface area contributed by atoms with E-state index in [0.717, 1.165) is 27.7 Å². The van der Waals surface area contributed by atoms with Gasteiger partial charge in [-0.15, -0.1) is 10.2 Å². The minimum absolute atomic E-state index is 0.0145. The highest BCUT2D eigenvalue weighted by molar-refractivity contribution is 8.01. The Hall–Kier alpha value is -2.71. The van der Waals surface area contributed by atoms with Crippen LogP contribution in [0.1, 0.15) is 17.5 Å². The quantitative estimate of drug-likeness (QED) is 0.614. The van der Waals surface area contributed by atoms with Gasteiger partial charge in [0.2, 0.25) is 5.13 Å². The summed E-state index contributed by atoms with van der Waals surface area (Å²) in [4.78, 5) is 12.5. The van der Waals surface area contributed by atoms with Gasteiger partial charge in [-0.3, -0.25) is 4.79 Å². The number of hydrogen-bond acceptors (Lipinski definition) is 7. The van der Waals surface area contributed by atoms with Gasteiger partial charge in [-0.1, -0.05) is 65.6 Å². The van der Waals surface area contributed by atoms with Gasteiger partial charge >= 0.3 is 0 Å². The number of benzene rings is 2. The smallest absolute Gasteiger partial charge is 0.253 e. The number of anilines is 2. The van der Waals surface area contributed by atoms with E-state index in [2.05, 4.69) is 20.6 Å². The van der Waals surface area contributed by atoms with Crippen LogP contribution in [-0.2, 0) is 4.79 Å². The number of hydrogen-bond donors (Lipinski definition) is 1. The van der Waals surface area contributed by atoms with Crippen molar-refractivity contribution in [1.82, 2.24) is 15.2 Å². The van der Waals surface area contributed by atoms with Gasteiger partial charge < -0.3 is 5.32 Å². The lowest BCUT2D eigenvalue weighted by molar-refractivity contribution is -0.127. The second-order valence-corrected chi connectivity index (χ2v) is 8.54. The van der Waals surface area contributed by atoms with Crippen molar-refractivity contribution in [3.05, 3.63) is 65.7 Å². The highest BCUT2D eigenvalue weighted by Crippen LogP contribution is 2.28. The largest absolute Gasteiger partial charge is 0.330 e. The number of carbonyl (C=O) groups excluding carboxylic acids is 1. The van der Waals surface area contributed by atoms with E-state index in [1.165, 1.54) is 28.7 Å². The Labute approximate surface area is 171 Å². The summed E-state index contributed by atoms with van der Waals surface area (Å²) >= 11 is 2.83. The normalized spacial score (nSPS) is 13.5. The lowest BCUT2D eigenvalue weighted by Crippen LogP contribution is -2.25. The van der Waals surface area contributed by atoms with E-state index in [4.69, 9.17) is 0 Å². The van der Waals surface area contributed by atoms with Crippen LogP contribution in [0.4, 0.5) is 10.8 Å². The van der Waals surface area contributed by atoms with E-state index in [1.807, 2.05) is 61.5 Å². The first-order chi connectivity index (χ1) is 13.7. The fraction of sp³-hybridized carbons (Fsp3) is 0.200. The van der Waals surface area contributed by atoms with Crippen molar-refractivity contribution >= 4 is 45.5 Å². The number of carbonyl (C=O) groups is 1. The van der Waals surface area contributed by atoms with E-state index in [9.17, 15) is 4.79 Å². The van der Waals surface area contributed by atoms with Crippen LogP contribution in [0.25, 0.3) is 0 Å². The summed E-state index contributed by atoms with van der Waals surface area (Å²) in [6, 6.07) is 18.1. The molecule has 0 spiro atoms. The van der Waals surface area contributed by atoms with Crippen LogP contribution < -0.4 is 5.32 Å². The van der Waals surface area contributed by atoms with Crippen molar-refractivity contribution < 1.29 is 4.79 Å². The van der Waals surface area contributed by atoms with Crippen molar-refractivity contribution in [2.24, 2.45) is 5.10 Å². The van der Waals surface area contributed by atoms with Crippen LogP contribution in [0.2, 0.25) is 0 Å². The van der Waals surface area contributed by atoms with Crippen molar-refractivity contribution in [2.45, 2.75) is 17.7 Å². The minimum atomic E-state index is -0.0145. The Morgan fingerprint density at radius 2 is 2.04 bits per heavy atom. The van der Waals surface area contributed by atoms with E-state index in [-0.39, 0.29) is 5.91 Å². The molecule has 0 atom stereocenters. The van der Waals surface area contributed by atoms with Crippen molar-refractivity contribution in [3.8, 4) is 0 Å². The minimum Gasteiger partial charge on any atom is -0.330 e. The summed E-state index contributed by atoms with van der Waals surface area (Å²) in [5.41, 5.74) is 4.18. The predicted octanol–water partition coefficient (Wildman–Crippen LogP) is 4.32. The summed E-state index contributed by atoms with van der Waals surface area (Å²) < 4.78 is 0.759. The zero-order valence-electron chi connectivity index (χ0n) is 15.3. The number of thioether (sulfide) groups is 1. The lowest BCUT2D eigenvalue weighted by atomic mass is 10.1. The number of aryl methyl sites for hydroxylation is 1. The van der Waals surface area contributed by atoms with Gasteiger partial charge in [-0.2, -0.15) is 5.10 Å². The maximum atomic E-state index is 12.5. The Morgan fingerprint density at radius 1 is 1.18 bits per heavy atom. The van der Waals surface area contributed by atoms with Crippen LogP contribution in [0.3, 0.4) is 0 Å². The summed E-state index contributed by atoms with van der Waals surface area (Å²) in [5.74, 6) is 0.282. The zero-order valence-corrected chi connectivity index (χ0v) is 17.0. The number of nitrogens with one attached hydrogen (secondary N) is 1. The molecule has 0 fully saturated rings. The molecule has 1 amide bonds. The fourth-order valence-electron chi connectivity index (χ4n) is 2.83. The molecule has 0 saturated carbocycles. The first-order valence-corrected chi connectivity index (χ1v) is 10.7. The third-order valence-electron chi connectivity index (χ3n) is 4.19. The average molecular weight is 410 g/mol. The van der Waals surface area contributed by atoms with Gasteiger partial charge in [0.15, 0.2) is 4.34 Å². The molecule has 0 radical (unpaired) electrons. The van der Waals surface area contributed by atoms with Crippen molar-refractivity contribution in [1.29, 1.82) is 0 Å². The van der Waals surface area contributed by atoms with Crippen LogP contribution in [-0.4, -0.2) is 39.1 Å². The molecule has 1 N–H and O–H groups in total. The number of amides is 1. The molecule has 0 unspecified atom stereocenters. The number of nitrogens with zero attached hydrogens (tertiary/aromatic N) is 4. The fourth-order valence-corrected chi connectivity index (χ4v) is 4.47. The molecule has 3 aromatic rings. The van der Waals surface area contributed by atoms with E-state index in [1.54, 1.807) is 5.01 Å².